The van der Waals surface area contributed by atoms with Gasteiger partial charge < -0.3 is 15.2 Å². The average Bonchev–Trinajstić information content (AvgIpc) is 2.83. The molecule has 1 aromatic heterocycles. The van der Waals surface area contributed by atoms with Crippen LogP contribution in [0.3, 0.4) is 0 Å². The molecule has 2 rings (SSSR count). The van der Waals surface area contributed by atoms with Crippen molar-refractivity contribution in [2.45, 2.75) is 31.2 Å². The topological polar surface area (TPSA) is 54.4 Å². The van der Waals surface area contributed by atoms with Crippen LogP contribution in [0.15, 0.2) is 18.3 Å². The van der Waals surface area contributed by atoms with Gasteiger partial charge in [0.1, 0.15) is 5.82 Å². The third kappa shape index (κ3) is 3.57. The Balaban J connectivity index is 1.97. The van der Waals surface area contributed by atoms with E-state index in [9.17, 15) is 13.2 Å². The first-order chi connectivity index (χ1) is 9.00. The molecule has 0 radical (unpaired) electrons. The first kappa shape index (κ1) is 14.1. The minimum atomic E-state index is -4.43. The summed E-state index contributed by atoms with van der Waals surface area (Å²) in [5.74, 6) is -0.189. The van der Waals surface area contributed by atoms with Gasteiger partial charge in [-0.1, -0.05) is 0 Å². The Labute approximate surface area is 108 Å². The molecule has 0 saturated carbocycles. The lowest BCUT2D eigenvalue weighted by atomic mass is 10.2. The number of hydrogen-bond acceptors (Lipinski definition) is 4. The van der Waals surface area contributed by atoms with Crippen LogP contribution in [0, 0.1) is 0 Å². The minimum Gasteiger partial charge on any atom is -0.394 e. The molecule has 0 aliphatic carbocycles. The zero-order valence-corrected chi connectivity index (χ0v) is 10.2. The van der Waals surface area contributed by atoms with E-state index in [2.05, 4.69) is 10.3 Å². The molecule has 1 aliphatic heterocycles. The van der Waals surface area contributed by atoms with E-state index >= 15 is 0 Å². The van der Waals surface area contributed by atoms with Gasteiger partial charge in [0, 0.05) is 12.7 Å². The molecule has 19 heavy (non-hydrogen) atoms. The van der Waals surface area contributed by atoms with Crippen LogP contribution in [-0.2, 0) is 10.9 Å². The van der Waals surface area contributed by atoms with Crippen molar-refractivity contribution in [1.29, 1.82) is 0 Å². The molecule has 1 fully saturated rings. The first-order valence-electron chi connectivity index (χ1n) is 6.03. The lowest BCUT2D eigenvalue weighted by molar-refractivity contribution is -0.137. The molecule has 1 aliphatic rings. The van der Waals surface area contributed by atoms with E-state index in [1.54, 1.807) is 0 Å². The standard InChI is InChI=1S/C12H15F3N2O2/c13-12(14,15)10-2-1-5-16-11(10)17-6-8-3-4-9(7-18)19-8/h1-2,5,8-9,18H,3-4,6-7H2,(H,16,17)/t8-,9+/m1/s1. The molecule has 2 N–H and O–H groups in total. The summed E-state index contributed by atoms with van der Waals surface area (Å²) < 4.78 is 43.6. The van der Waals surface area contributed by atoms with Crippen molar-refractivity contribution < 1.29 is 23.0 Å². The molecule has 2 heterocycles. The van der Waals surface area contributed by atoms with E-state index in [1.807, 2.05) is 0 Å². The van der Waals surface area contributed by atoms with Crippen LogP contribution < -0.4 is 5.32 Å². The normalized spacial score (nSPS) is 23.6. The molecular weight excluding hydrogens is 261 g/mol. The second-order valence-electron chi connectivity index (χ2n) is 4.42. The number of nitrogens with one attached hydrogen (secondary N) is 1. The first-order valence-corrected chi connectivity index (χ1v) is 6.03. The molecule has 1 aromatic rings. The fourth-order valence-corrected chi connectivity index (χ4v) is 2.05. The highest BCUT2D eigenvalue weighted by Crippen LogP contribution is 2.33. The van der Waals surface area contributed by atoms with E-state index in [1.165, 1.54) is 12.3 Å². The summed E-state index contributed by atoms with van der Waals surface area (Å²) in [6.07, 6.45) is -2.09. The van der Waals surface area contributed by atoms with Gasteiger partial charge in [-0.05, 0) is 25.0 Å². The quantitative estimate of drug-likeness (QED) is 0.883. The van der Waals surface area contributed by atoms with Crippen molar-refractivity contribution in [2.24, 2.45) is 0 Å². The van der Waals surface area contributed by atoms with Crippen LogP contribution in [0.1, 0.15) is 18.4 Å². The molecule has 0 spiro atoms. The van der Waals surface area contributed by atoms with Gasteiger partial charge >= 0.3 is 6.18 Å². The number of alkyl halides is 3. The van der Waals surface area contributed by atoms with Crippen molar-refractivity contribution in [3.05, 3.63) is 23.9 Å². The van der Waals surface area contributed by atoms with E-state index in [-0.39, 0.29) is 31.2 Å². The second-order valence-corrected chi connectivity index (χ2v) is 4.42. The van der Waals surface area contributed by atoms with Gasteiger partial charge in [0.05, 0.1) is 24.4 Å². The molecule has 0 unspecified atom stereocenters. The Kier molecular flexibility index (Phi) is 4.26. The number of aliphatic hydroxyl groups excluding tert-OH is 1. The SMILES string of the molecule is OC[C@@H]1CC[C@H](CNc2ncccc2C(F)(F)F)O1. The number of aromatic nitrogens is 1. The fraction of sp³-hybridized carbons (Fsp3) is 0.583. The monoisotopic (exact) mass is 276 g/mol. The van der Waals surface area contributed by atoms with Crippen molar-refractivity contribution in [3.8, 4) is 0 Å². The lowest BCUT2D eigenvalue weighted by Crippen LogP contribution is -2.23. The van der Waals surface area contributed by atoms with E-state index in [4.69, 9.17) is 9.84 Å². The van der Waals surface area contributed by atoms with Gasteiger partial charge in [0.25, 0.3) is 0 Å². The second kappa shape index (κ2) is 5.75. The Morgan fingerprint density at radius 3 is 2.74 bits per heavy atom. The highest BCUT2D eigenvalue weighted by Gasteiger charge is 2.34. The van der Waals surface area contributed by atoms with Crippen molar-refractivity contribution in [3.63, 3.8) is 0 Å². The highest BCUT2D eigenvalue weighted by atomic mass is 19.4. The van der Waals surface area contributed by atoms with Crippen LogP contribution in [0.25, 0.3) is 0 Å². The molecule has 1 saturated heterocycles. The number of rotatable bonds is 4. The van der Waals surface area contributed by atoms with Gasteiger partial charge in [-0.3, -0.25) is 0 Å². The Bertz CT molecular complexity index is 426. The zero-order valence-electron chi connectivity index (χ0n) is 10.2. The van der Waals surface area contributed by atoms with E-state index in [0.29, 0.717) is 6.42 Å². The predicted octanol–water partition coefficient (Wildman–Crippen LogP) is 2.05. The molecule has 7 heteroatoms. The summed E-state index contributed by atoms with van der Waals surface area (Å²) in [6, 6.07) is 2.24. The van der Waals surface area contributed by atoms with Gasteiger partial charge in [-0.2, -0.15) is 13.2 Å². The largest absolute Gasteiger partial charge is 0.419 e. The van der Waals surface area contributed by atoms with E-state index < -0.39 is 11.7 Å². The Morgan fingerprint density at radius 1 is 1.37 bits per heavy atom. The fourth-order valence-electron chi connectivity index (χ4n) is 2.05. The summed E-state index contributed by atoms with van der Waals surface area (Å²) in [6.45, 7) is 0.185. The summed E-state index contributed by atoms with van der Waals surface area (Å²) in [5.41, 5.74) is -0.785. The van der Waals surface area contributed by atoms with E-state index in [0.717, 1.165) is 12.5 Å². The summed E-state index contributed by atoms with van der Waals surface area (Å²) in [4.78, 5) is 3.71. The number of aliphatic hydroxyl groups is 1. The molecular formula is C12H15F3N2O2. The van der Waals surface area contributed by atoms with Gasteiger partial charge in [-0.25, -0.2) is 4.98 Å². The Morgan fingerprint density at radius 2 is 2.11 bits per heavy atom. The van der Waals surface area contributed by atoms with Gasteiger partial charge in [0.15, 0.2) is 0 Å². The molecule has 0 aromatic carbocycles. The Hall–Kier alpha value is -1.34. The minimum absolute atomic E-state index is 0.0616. The number of ether oxygens (including phenoxy) is 1. The van der Waals surface area contributed by atoms with Crippen molar-refractivity contribution in [2.75, 3.05) is 18.5 Å². The molecule has 2 atom stereocenters. The van der Waals surface area contributed by atoms with Crippen LogP contribution in [0.4, 0.5) is 19.0 Å². The summed E-state index contributed by atoms with van der Waals surface area (Å²) >= 11 is 0. The number of anilines is 1. The maximum absolute atomic E-state index is 12.7. The maximum Gasteiger partial charge on any atom is 0.419 e. The smallest absolute Gasteiger partial charge is 0.394 e. The van der Waals surface area contributed by atoms with Crippen molar-refractivity contribution >= 4 is 5.82 Å². The molecule has 0 bridgehead atoms. The number of halogens is 3. The van der Waals surface area contributed by atoms with Crippen LogP contribution in [0.2, 0.25) is 0 Å². The molecule has 4 nitrogen and oxygen atoms in total. The maximum atomic E-state index is 12.7. The lowest BCUT2D eigenvalue weighted by Gasteiger charge is -2.16. The molecule has 106 valence electrons. The number of pyridine rings is 1. The zero-order chi connectivity index (χ0) is 13.9. The summed E-state index contributed by atoms with van der Waals surface area (Å²) in [5, 5.41) is 11.6. The van der Waals surface area contributed by atoms with Crippen molar-refractivity contribution in [1.82, 2.24) is 4.98 Å². The third-order valence-corrected chi connectivity index (χ3v) is 3.01. The van der Waals surface area contributed by atoms with Gasteiger partial charge in [-0.15, -0.1) is 0 Å². The average molecular weight is 276 g/mol. The van der Waals surface area contributed by atoms with Crippen LogP contribution in [0.5, 0.6) is 0 Å². The number of nitrogens with zero attached hydrogens (tertiary/aromatic N) is 1. The number of hydrogen-bond donors (Lipinski definition) is 2. The summed E-state index contributed by atoms with van der Waals surface area (Å²) in [7, 11) is 0. The molecule has 0 amide bonds. The third-order valence-electron chi connectivity index (χ3n) is 3.01. The highest BCUT2D eigenvalue weighted by molar-refractivity contribution is 5.45. The predicted molar refractivity (Wildman–Crippen MR) is 62.7 cm³/mol. The van der Waals surface area contributed by atoms with Gasteiger partial charge in [0.2, 0.25) is 0 Å². The van der Waals surface area contributed by atoms with Crippen LogP contribution in [-0.4, -0.2) is 35.5 Å². The van der Waals surface area contributed by atoms with Crippen LogP contribution >= 0.6 is 0 Å².